The molecule has 0 aliphatic carbocycles. The third-order valence-electron chi connectivity index (χ3n) is 5.52. The fraction of sp³-hybridized carbons (Fsp3) is 0.455. The number of benzene rings is 2. The van der Waals surface area contributed by atoms with E-state index in [1.54, 1.807) is 17.8 Å². The maximum absolute atomic E-state index is 12.7. The van der Waals surface area contributed by atoms with Crippen molar-refractivity contribution < 1.29 is 17.9 Å². The zero-order valence-corrected chi connectivity index (χ0v) is 19.4. The summed E-state index contributed by atoms with van der Waals surface area (Å²) in [6.07, 6.45) is 4.07. The van der Waals surface area contributed by atoms with Gasteiger partial charge in [0.05, 0.1) is 19.1 Å². The molecule has 30 heavy (non-hydrogen) atoms. The molecule has 0 radical (unpaired) electrons. The molecule has 2 aromatic rings. The van der Waals surface area contributed by atoms with Crippen LogP contribution in [0.2, 0.25) is 0 Å². The fourth-order valence-corrected chi connectivity index (χ4v) is 5.46. The SMILES string of the molecule is COc1ccc(S(=O)(=O)NCC2CCN(Cc3ccccc3SC)CC2)cc1OC. The van der Waals surface area contributed by atoms with E-state index in [9.17, 15) is 8.42 Å². The van der Waals surface area contributed by atoms with Crippen molar-refractivity contribution in [2.75, 3.05) is 40.1 Å². The van der Waals surface area contributed by atoms with Crippen molar-refractivity contribution >= 4 is 21.8 Å². The van der Waals surface area contributed by atoms with Crippen molar-refractivity contribution in [2.24, 2.45) is 5.92 Å². The smallest absolute Gasteiger partial charge is 0.240 e. The zero-order chi connectivity index (χ0) is 21.6. The summed E-state index contributed by atoms with van der Waals surface area (Å²) in [7, 11) is -0.573. The Morgan fingerprint density at radius 1 is 1.07 bits per heavy atom. The van der Waals surface area contributed by atoms with Gasteiger partial charge in [-0.3, -0.25) is 4.90 Å². The van der Waals surface area contributed by atoms with Gasteiger partial charge in [-0.25, -0.2) is 13.1 Å². The molecule has 6 nitrogen and oxygen atoms in total. The van der Waals surface area contributed by atoms with Crippen LogP contribution in [0.15, 0.2) is 52.3 Å². The molecule has 1 aliphatic rings. The summed E-state index contributed by atoms with van der Waals surface area (Å²) in [6, 6.07) is 13.2. The summed E-state index contributed by atoms with van der Waals surface area (Å²) >= 11 is 1.78. The molecule has 0 bridgehead atoms. The first-order valence-corrected chi connectivity index (χ1v) is 12.7. The monoisotopic (exact) mass is 450 g/mol. The maximum atomic E-state index is 12.7. The number of hydrogen-bond acceptors (Lipinski definition) is 6. The van der Waals surface area contributed by atoms with Gasteiger partial charge in [-0.05, 0) is 61.9 Å². The van der Waals surface area contributed by atoms with Crippen LogP contribution in [0, 0.1) is 5.92 Å². The predicted molar refractivity (Wildman–Crippen MR) is 121 cm³/mol. The first-order valence-electron chi connectivity index (χ1n) is 10.0. The van der Waals surface area contributed by atoms with Gasteiger partial charge in [-0.2, -0.15) is 0 Å². The summed E-state index contributed by atoms with van der Waals surface area (Å²) in [6.45, 7) is 3.35. The number of thioether (sulfide) groups is 1. The van der Waals surface area contributed by atoms with Crippen LogP contribution in [0.1, 0.15) is 18.4 Å². The maximum Gasteiger partial charge on any atom is 0.240 e. The number of likely N-dealkylation sites (tertiary alicyclic amines) is 1. The highest BCUT2D eigenvalue weighted by Gasteiger charge is 2.23. The molecule has 1 saturated heterocycles. The second kappa shape index (κ2) is 10.5. The van der Waals surface area contributed by atoms with Crippen LogP contribution >= 0.6 is 11.8 Å². The number of ether oxygens (including phenoxy) is 2. The van der Waals surface area contributed by atoms with E-state index in [-0.39, 0.29) is 4.90 Å². The Labute approximate surface area is 184 Å². The van der Waals surface area contributed by atoms with Crippen LogP contribution in [0.3, 0.4) is 0 Å². The minimum Gasteiger partial charge on any atom is -0.493 e. The Morgan fingerprint density at radius 3 is 2.43 bits per heavy atom. The molecule has 0 atom stereocenters. The molecule has 1 heterocycles. The topological polar surface area (TPSA) is 67.9 Å². The first kappa shape index (κ1) is 22.9. The molecule has 1 aliphatic heterocycles. The van der Waals surface area contributed by atoms with E-state index in [1.807, 2.05) is 0 Å². The molecule has 2 aromatic carbocycles. The number of piperidine rings is 1. The van der Waals surface area contributed by atoms with Crippen molar-refractivity contribution in [3.05, 3.63) is 48.0 Å². The molecule has 8 heteroatoms. The lowest BCUT2D eigenvalue weighted by Crippen LogP contribution is -2.38. The fourth-order valence-electron chi connectivity index (χ4n) is 3.72. The minimum atomic E-state index is -3.59. The molecular formula is C22H30N2O4S2. The summed E-state index contributed by atoms with van der Waals surface area (Å²) in [5, 5.41) is 0. The summed E-state index contributed by atoms with van der Waals surface area (Å²) in [4.78, 5) is 3.96. The predicted octanol–water partition coefficient (Wildman–Crippen LogP) is 3.62. The molecule has 1 N–H and O–H groups in total. The van der Waals surface area contributed by atoms with Crippen molar-refractivity contribution in [3.8, 4) is 11.5 Å². The lowest BCUT2D eigenvalue weighted by molar-refractivity contribution is 0.177. The lowest BCUT2D eigenvalue weighted by atomic mass is 9.97. The van der Waals surface area contributed by atoms with Gasteiger partial charge in [0.15, 0.2) is 11.5 Å². The molecule has 0 unspecified atom stereocenters. The molecular weight excluding hydrogens is 420 g/mol. The van der Waals surface area contributed by atoms with Gasteiger partial charge in [-0.1, -0.05) is 18.2 Å². The Bertz CT molecular complexity index is 942. The van der Waals surface area contributed by atoms with Crippen molar-refractivity contribution in [3.63, 3.8) is 0 Å². The summed E-state index contributed by atoms with van der Waals surface area (Å²) < 4.78 is 38.6. The largest absolute Gasteiger partial charge is 0.493 e. The third kappa shape index (κ3) is 5.69. The van der Waals surface area contributed by atoms with Crippen LogP contribution in [-0.2, 0) is 16.6 Å². The molecule has 0 spiro atoms. The van der Waals surface area contributed by atoms with Crippen LogP contribution in [0.25, 0.3) is 0 Å². The van der Waals surface area contributed by atoms with E-state index in [2.05, 4.69) is 40.1 Å². The van der Waals surface area contributed by atoms with E-state index in [0.29, 0.717) is 24.0 Å². The lowest BCUT2D eigenvalue weighted by Gasteiger charge is -2.32. The van der Waals surface area contributed by atoms with Gasteiger partial charge in [0, 0.05) is 24.1 Å². The summed E-state index contributed by atoms with van der Waals surface area (Å²) in [5.74, 6) is 1.25. The molecule has 1 fully saturated rings. The number of nitrogens with zero attached hydrogens (tertiary/aromatic N) is 1. The Balaban J connectivity index is 1.53. The van der Waals surface area contributed by atoms with Crippen LogP contribution in [0.4, 0.5) is 0 Å². The van der Waals surface area contributed by atoms with E-state index in [0.717, 1.165) is 32.5 Å². The van der Waals surface area contributed by atoms with Crippen LogP contribution in [0.5, 0.6) is 11.5 Å². The van der Waals surface area contributed by atoms with Gasteiger partial charge in [-0.15, -0.1) is 11.8 Å². The van der Waals surface area contributed by atoms with E-state index < -0.39 is 10.0 Å². The van der Waals surface area contributed by atoms with Crippen molar-refractivity contribution in [2.45, 2.75) is 29.2 Å². The van der Waals surface area contributed by atoms with Crippen LogP contribution in [-0.4, -0.2) is 53.4 Å². The summed E-state index contributed by atoms with van der Waals surface area (Å²) in [5.41, 5.74) is 1.36. The molecule has 0 aromatic heterocycles. The number of rotatable bonds is 9. The Hall–Kier alpha value is -1.74. The number of nitrogens with one attached hydrogen (secondary N) is 1. The zero-order valence-electron chi connectivity index (χ0n) is 17.8. The van der Waals surface area contributed by atoms with Gasteiger partial charge in [0.25, 0.3) is 0 Å². The Morgan fingerprint density at radius 2 is 1.77 bits per heavy atom. The highest BCUT2D eigenvalue weighted by atomic mass is 32.2. The molecule has 3 rings (SSSR count). The number of methoxy groups -OCH3 is 2. The average Bonchev–Trinajstić information content (AvgIpc) is 2.78. The average molecular weight is 451 g/mol. The second-order valence-corrected chi connectivity index (χ2v) is 10.0. The van der Waals surface area contributed by atoms with Gasteiger partial charge in [0.1, 0.15) is 0 Å². The Kier molecular flexibility index (Phi) is 8.05. The third-order valence-corrected chi connectivity index (χ3v) is 7.78. The highest BCUT2D eigenvalue weighted by molar-refractivity contribution is 7.98. The second-order valence-electron chi connectivity index (χ2n) is 7.40. The van der Waals surface area contributed by atoms with E-state index >= 15 is 0 Å². The molecule has 0 amide bonds. The van der Waals surface area contributed by atoms with Crippen molar-refractivity contribution in [1.29, 1.82) is 0 Å². The molecule has 164 valence electrons. The van der Waals surface area contributed by atoms with Gasteiger partial charge >= 0.3 is 0 Å². The highest BCUT2D eigenvalue weighted by Crippen LogP contribution is 2.29. The quantitative estimate of drug-likeness (QED) is 0.589. The first-order chi connectivity index (χ1) is 14.5. The normalized spacial score (nSPS) is 15.8. The standard InChI is InChI=1S/C22H30N2O4S2/c1-27-20-9-8-19(14-21(20)28-2)30(25,26)23-15-17-10-12-24(13-11-17)16-18-6-4-5-7-22(18)29-3/h4-9,14,17,23H,10-13,15-16H2,1-3H3. The van der Waals surface area contributed by atoms with Gasteiger partial charge in [0.2, 0.25) is 10.0 Å². The van der Waals surface area contributed by atoms with E-state index in [1.165, 1.54) is 36.8 Å². The molecule has 0 saturated carbocycles. The van der Waals surface area contributed by atoms with Gasteiger partial charge < -0.3 is 9.47 Å². The minimum absolute atomic E-state index is 0.186. The van der Waals surface area contributed by atoms with Crippen LogP contribution < -0.4 is 14.2 Å². The number of sulfonamides is 1. The van der Waals surface area contributed by atoms with Crippen molar-refractivity contribution in [1.82, 2.24) is 9.62 Å². The van der Waals surface area contributed by atoms with E-state index in [4.69, 9.17) is 9.47 Å². The number of hydrogen-bond donors (Lipinski definition) is 1.